The number of benzene rings is 1. The van der Waals surface area contributed by atoms with E-state index in [4.69, 9.17) is 10.7 Å². The molecule has 0 aliphatic carbocycles. The fourth-order valence-corrected chi connectivity index (χ4v) is 2.64. The van der Waals surface area contributed by atoms with Crippen LogP contribution in [0, 0.1) is 0 Å². The summed E-state index contributed by atoms with van der Waals surface area (Å²) in [5.74, 6) is 0.721. The standard InChI is InChI=1S/C18H17BrN4/c1-2-14-10-16(15-4-3-9-21-17(15)11-20)23-18(22-14)12-5-7-13(19)8-6-12/h3-10H,2,11,20H2,1H3. The van der Waals surface area contributed by atoms with Crippen molar-refractivity contribution < 1.29 is 0 Å². The van der Waals surface area contributed by atoms with Gasteiger partial charge in [0.2, 0.25) is 0 Å². The highest BCUT2D eigenvalue weighted by Gasteiger charge is 2.11. The fraction of sp³-hybridized carbons (Fsp3) is 0.167. The molecule has 0 bridgehead atoms. The van der Waals surface area contributed by atoms with Gasteiger partial charge in [0.05, 0.1) is 11.4 Å². The van der Waals surface area contributed by atoms with Crippen molar-refractivity contribution in [1.82, 2.24) is 15.0 Å². The first-order chi connectivity index (χ1) is 11.2. The van der Waals surface area contributed by atoms with Crippen LogP contribution in [-0.2, 0) is 13.0 Å². The first-order valence-corrected chi connectivity index (χ1v) is 8.28. The van der Waals surface area contributed by atoms with E-state index in [0.29, 0.717) is 6.54 Å². The third kappa shape index (κ3) is 3.46. The highest BCUT2D eigenvalue weighted by molar-refractivity contribution is 9.10. The van der Waals surface area contributed by atoms with E-state index in [9.17, 15) is 0 Å². The molecule has 0 atom stereocenters. The SMILES string of the molecule is CCc1cc(-c2cccnc2CN)nc(-c2ccc(Br)cc2)n1. The van der Waals surface area contributed by atoms with Gasteiger partial charge in [-0.2, -0.15) is 0 Å². The van der Waals surface area contributed by atoms with E-state index in [1.54, 1.807) is 6.20 Å². The minimum atomic E-state index is 0.384. The molecule has 0 amide bonds. The first-order valence-electron chi connectivity index (χ1n) is 7.49. The van der Waals surface area contributed by atoms with Crippen molar-refractivity contribution in [2.75, 3.05) is 0 Å². The summed E-state index contributed by atoms with van der Waals surface area (Å²) in [4.78, 5) is 13.7. The molecule has 2 heterocycles. The number of halogens is 1. The van der Waals surface area contributed by atoms with Crippen molar-refractivity contribution in [3.63, 3.8) is 0 Å². The van der Waals surface area contributed by atoms with Gasteiger partial charge in [0.15, 0.2) is 5.82 Å². The number of nitrogens with zero attached hydrogens (tertiary/aromatic N) is 3. The summed E-state index contributed by atoms with van der Waals surface area (Å²) in [6.45, 7) is 2.47. The summed E-state index contributed by atoms with van der Waals surface area (Å²) in [7, 11) is 0. The summed E-state index contributed by atoms with van der Waals surface area (Å²) in [5.41, 5.74) is 10.5. The highest BCUT2D eigenvalue weighted by atomic mass is 79.9. The molecule has 0 saturated heterocycles. The Labute approximate surface area is 144 Å². The normalized spacial score (nSPS) is 10.7. The second kappa shape index (κ2) is 6.98. The maximum Gasteiger partial charge on any atom is 0.160 e. The third-order valence-corrected chi connectivity index (χ3v) is 4.13. The zero-order chi connectivity index (χ0) is 16.2. The van der Waals surface area contributed by atoms with Crippen LogP contribution >= 0.6 is 15.9 Å². The number of pyridine rings is 1. The summed E-state index contributed by atoms with van der Waals surface area (Å²) in [6, 6.07) is 13.9. The molecule has 0 radical (unpaired) electrons. The van der Waals surface area contributed by atoms with Crippen molar-refractivity contribution in [3.05, 3.63) is 64.5 Å². The van der Waals surface area contributed by atoms with Crippen molar-refractivity contribution in [1.29, 1.82) is 0 Å². The maximum absolute atomic E-state index is 5.81. The van der Waals surface area contributed by atoms with Gasteiger partial charge < -0.3 is 5.73 Å². The third-order valence-electron chi connectivity index (χ3n) is 3.60. The van der Waals surface area contributed by atoms with E-state index < -0.39 is 0 Å². The van der Waals surface area contributed by atoms with Crippen LogP contribution in [0.4, 0.5) is 0 Å². The van der Waals surface area contributed by atoms with Gasteiger partial charge >= 0.3 is 0 Å². The topological polar surface area (TPSA) is 64.7 Å². The van der Waals surface area contributed by atoms with Crippen LogP contribution in [0.5, 0.6) is 0 Å². The summed E-state index contributed by atoms with van der Waals surface area (Å²) in [6.07, 6.45) is 2.60. The molecule has 0 saturated carbocycles. The van der Waals surface area contributed by atoms with Crippen molar-refractivity contribution in [2.45, 2.75) is 19.9 Å². The largest absolute Gasteiger partial charge is 0.325 e. The molecule has 0 fully saturated rings. The van der Waals surface area contributed by atoms with Crippen LogP contribution < -0.4 is 5.73 Å². The number of rotatable bonds is 4. The first kappa shape index (κ1) is 15.8. The smallest absolute Gasteiger partial charge is 0.160 e. The van der Waals surface area contributed by atoms with Crippen LogP contribution in [0.1, 0.15) is 18.3 Å². The van der Waals surface area contributed by atoms with E-state index in [1.807, 2.05) is 42.5 Å². The molecule has 116 valence electrons. The predicted molar refractivity (Wildman–Crippen MR) is 95.7 cm³/mol. The van der Waals surface area contributed by atoms with Crippen LogP contribution in [-0.4, -0.2) is 15.0 Å². The average Bonchev–Trinajstić information content (AvgIpc) is 2.61. The van der Waals surface area contributed by atoms with Crippen LogP contribution in [0.25, 0.3) is 22.6 Å². The molecule has 3 rings (SSSR count). The minimum absolute atomic E-state index is 0.384. The molecule has 23 heavy (non-hydrogen) atoms. The van der Waals surface area contributed by atoms with E-state index in [1.165, 1.54) is 0 Å². The maximum atomic E-state index is 5.81. The molecule has 2 N–H and O–H groups in total. The van der Waals surface area contributed by atoms with Crippen LogP contribution in [0.3, 0.4) is 0 Å². The monoisotopic (exact) mass is 368 g/mol. The van der Waals surface area contributed by atoms with Gasteiger partial charge in [-0.3, -0.25) is 4.98 Å². The van der Waals surface area contributed by atoms with Gasteiger partial charge in [0, 0.05) is 34.0 Å². The van der Waals surface area contributed by atoms with Crippen LogP contribution in [0.2, 0.25) is 0 Å². The Kier molecular flexibility index (Phi) is 4.79. The molecular weight excluding hydrogens is 352 g/mol. The number of aryl methyl sites for hydroxylation is 1. The number of hydrogen-bond donors (Lipinski definition) is 1. The number of aromatic nitrogens is 3. The lowest BCUT2D eigenvalue weighted by Crippen LogP contribution is -2.04. The lowest BCUT2D eigenvalue weighted by Gasteiger charge is -2.10. The van der Waals surface area contributed by atoms with E-state index in [0.717, 1.165) is 44.9 Å². The summed E-state index contributed by atoms with van der Waals surface area (Å²) >= 11 is 3.45. The Bertz CT molecular complexity index is 816. The van der Waals surface area contributed by atoms with Gasteiger partial charge in [0.1, 0.15) is 0 Å². The zero-order valence-corrected chi connectivity index (χ0v) is 14.4. The molecule has 1 aromatic carbocycles. The Morgan fingerprint density at radius 3 is 2.57 bits per heavy atom. The Balaban J connectivity index is 2.15. The van der Waals surface area contributed by atoms with Gasteiger partial charge in [-0.1, -0.05) is 35.0 Å². The van der Waals surface area contributed by atoms with Gasteiger partial charge in [-0.25, -0.2) is 9.97 Å². The molecule has 2 aromatic heterocycles. The van der Waals surface area contributed by atoms with E-state index in [2.05, 4.69) is 32.8 Å². The Hall–Kier alpha value is -2.11. The van der Waals surface area contributed by atoms with Gasteiger partial charge in [-0.15, -0.1) is 0 Å². The molecule has 0 aliphatic heterocycles. The quantitative estimate of drug-likeness (QED) is 0.755. The van der Waals surface area contributed by atoms with Crippen molar-refractivity contribution >= 4 is 15.9 Å². The molecule has 0 aliphatic rings. The second-order valence-corrected chi connectivity index (χ2v) is 6.05. The van der Waals surface area contributed by atoms with Crippen LogP contribution in [0.15, 0.2) is 53.1 Å². The van der Waals surface area contributed by atoms with Crippen molar-refractivity contribution in [3.8, 4) is 22.6 Å². The fourth-order valence-electron chi connectivity index (χ4n) is 2.38. The summed E-state index contributed by atoms with van der Waals surface area (Å²) in [5, 5.41) is 0. The van der Waals surface area contributed by atoms with Gasteiger partial charge in [0.25, 0.3) is 0 Å². The lowest BCUT2D eigenvalue weighted by atomic mass is 10.1. The zero-order valence-electron chi connectivity index (χ0n) is 12.8. The predicted octanol–water partition coefficient (Wildman–Crippen LogP) is 3.99. The Morgan fingerprint density at radius 2 is 1.87 bits per heavy atom. The molecule has 0 unspecified atom stereocenters. The van der Waals surface area contributed by atoms with Crippen molar-refractivity contribution in [2.24, 2.45) is 5.73 Å². The minimum Gasteiger partial charge on any atom is -0.325 e. The molecular formula is C18H17BrN4. The molecule has 4 nitrogen and oxygen atoms in total. The molecule has 3 aromatic rings. The highest BCUT2D eigenvalue weighted by Crippen LogP contribution is 2.25. The Morgan fingerprint density at radius 1 is 1.09 bits per heavy atom. The molecule has 0 spiro atoms. The summed E-state index contributed by atoms with van der Waals surface area (Å²) < 4.78 is 1.03. The van der Waals surface area contributed by atoms with E-state index in [-0.39, 0.29) is 0 Å². The average molecular weight is 369 g/mol. The van der Waals surface area contributed by atoms with E-state index >= 15 is 0 Å². The molecule has 5 heteroatoms. The lowest BCUT2D eigenvalue weighted by molar-refractivity contribution is 0.978. The number of nitrogens with two attached hydrogens (primary N) is 1. The second-order valence-electron chi connectivity index (χ2n) is 5.13. The number of hydrogen-bond acceptors (Lipinski definition) is 4. The van der Waals surface area contributed by atoms with Gasteiger partial charge in [-0.05, 0) is 36.8 Å².